The van der Waals surface area contributed by atoms with Crippen LogP contribution in [0.4, 0.5) is 0 Å². The Labute approximate surface area is 185 Å². The molecule has 0 saturated heterocycles. The largest absolute Gasteiger partial charge is 0.461 e. The molecule has 0 rings (SSSR count). The number of carbonyl (C=O) groups is 1. The van der Waals surface area contributed by atoms with Gasteiger partial charge in [-0.3, -0.25) is 4.79 Å². The Morgan fingerprint density at radius 1 is 0.967 bits per heavy atom. The van der Waals surface area contributed by atoms with Crippen LogP contribution in [0.3, 0.4) is 0 Å². The molecule has 0 aliphatic rings. The van der Waals surface area contributed by atoms with Crippen LogP contribution >= 0.6 is 0 Å². The molecule has 2 N–H and O–H groups in total. The summed E-state index contributed by atoms with van der Waals surface area (Å²) in [6.07, 6.45) is 18.1. The van der Waals surface area contributed by atoms with E-state index >= 15 is 0 Å². The smallest absolute Gasteiger partial charge is 0.306 e. The van der Waals surface area contributed by atoms with Gasteiger partial charge in [0.15, 0.2) is 0 Å². The molecule has 0 bridgehead atoms. The molecule has 0 aromatic rings. The predicted molar refractivity (Wildman–Crippen MR) is 124 cm³/mol. The van der Waals surface area contributed by atoms with Crippen LogP contribution in [-0.2, 0) is 14.3 Å². The lowest BCUT2D eigenvalue weighted by Gasteiger charge is -2.16. The summed E-state index contributed by atoms with van der Waals surface area (Å²) in [5, 5.41) is 0. The second kappa shape index (κ2) is 21.8. The first-order valence-corrected chi connectivity index (χ1v) is 11.6. The number of esters is 1. The minimum absolute atomic E-state index is 0.0384. The van der Waals surface area contributed by atoms with Crippen molar-refractivity contribution in [1.82, 2.24) is 0 Å². The number of rotatable bonds is 18. The summed E-state index contributed by atoms with van der Waals surface area (Å²) in [6, 6.07) is 0.0384. The molecule has 0 aromatic carbocycles. The number of nitrogens with two attached hydrogens (primary N) is 1. The first-order valence-electron chi connectivity index (χ1n) is 11.6. The highest BCUT2D eigenvalue weighted by atomic mass is 16.5. The Balaban J connectivity index is 4.14. The quantitative estimate of drug-likeness (QED) is 0.195. The molecule has 0 fully saturated rings. The van der Waals surface area contributed by atoms with Crippen molar-refractivity contribution in [2.45, 2.75) is 109 Å². The topological polar surface area (TPSA) is 61.6 Å². The second-order valence-corrected chi connectivity index (χ2v) is 7.62. The van der Waals surface area contributed by atoms with Gasteiger partial charge in [-0.05, 0) is 36.5 Å². The van der Waals surface area contributed by atoms with Gasteiger partial charge in [0, 0.05) is 25.3 Å². The summed E-state index contributed by atoms with van der Waals surface area (Å²) in [6.45, 7) is 5.26. The van der Waals surface area contributed by atoms with E-state index in [1.807, 2.05) is 6.92 Å². The molecule has 30 heavy (non-hydrogen) atoms. The molecule has 0 heterocycles. The minimum atomic E-state index is -0.297. The van der Waals surface area contributed by atoms with E-state index in [0.29, 0.717) is 32.5 Å². The van der Waals surface area contributed by atoms with Crippen LogP contribution in [0.25, 0.3) is 0 Å². The molecular weight excluding hydrogens is 374 g/mol. The van der Waals surface area contributed by atoms with Crippen molar-refractivity contribution in [1.29, 1.82) is 0 Å². The van der Waals surface area contributed by atoms with Crippen molar-refractivity contribution in [2.24, 2.45) is 5.73 Å². The van der Waals surface area contributed by atoms with Crippen LogP contribution in [-0.4, -0.2) is 31.3 Å². The van der Waals surface area contributed by atoms with Crippen LogP contribution in [0.2, 0.25) is 0 Å². The van der Waals surface area contributed by atoms with Crippen LogP contribution in [0.5, 0.6) is 0 Å². The van der Waals surface area contributed by atoms with Gasteiger partial charge in [0.05, 0.1) is 13.2 Å². The highest BCUT2D eigenvalue weighted by molar-refractivity contribution is 5.69. The zero-order valence-electron chi connectivity index (χ0n) is 19.1. The molecule has 0 aliphatic carbocycles. The molecule has 4 heteroatoms. The maximum absolute atomic E-state index is 12.2. The molecule has 0 amide bonds. The Bertz CT molecular complexity index is 585. The fraction of sp³-hybridized carbons (Fsp3) is 0.731. The number of terminal acetylenes is 1. The van der Waals surface area contributed by atoms with Crippen molar-refractivity contribution in [3.8, 4) is 36.0 Å². The van der Waals surface area contributed by atoms with Gasteiger partial charge in [-0.15, -0.1) is 6.42 Å². The van der Waals surface area contributed by atoms with Gasteiger partial charge in [-0.1, -0.05) is 71.1 Å². The second-order valence-electron chi connectivity index (χ2n) is 7.62. The predicted octanol–water partition coefficient (Wildman–Crippen LogP) is 4.99. The van der Waals surface area contributed by atoms with Crippen molar-refractivity contribution in [3.05, 3.63) is 0 Å². The SMILES string of the molecule is C#CC#CC#CC[C@H](CCOC[C@@H](N)CC)OC(=O)CCCCCCCCCCC. The van der Waals surface area contributed by atoms with E-state index in [2.05, 4.69) is 36.5 Å². The van der Waals surface area contributed by atoms with Gasteiger partial charge >= 0.3 is 5.97 Å². The summed E-state index contributed by atoms with van der Waals surface area (Å²) < 4.78 is 11.2. The third-order valence-corrected chi connectivity index (χ3v) is 4.84. The molecule has 0 spiro atoms. The summed E-state index contributed by atoms with van der Waals surface area (Å²) in [5.74, 6) is 12.7. The lowest BCUT2D eigenvalue weighted by Crippen LogP contribution is -2.26. The van der Waals surface area contributed by atoms with Gasteiger partial charge in [0.25, 0.3) is 0 Å². The molecule has 0 aliphatic heterocycles. The van der Waals surface area contributed by atoms with E-state index < -0.39 is 0 Å². The first-order chi connectivity index (χ1) is 14.6. The van der Waals surface area contributed by atoms with E-state index in [4.69, 9.17) is 21.6 Å². The van der Waals surface area contributed by atoms with Gasteiger partial charge < -0.3 is 15.2 Å². The van der Waals surface area contributed by atoms with Crippen LogP contribution in [0.1, 0.15) is 97.3 Å². The maximum Gasteiger partial charge on any atom is 0.306 e. The average molecular weight is 416 g/mol. The third-order valence-electron chi connectivity index (χ3n) is 4.84. The Morgan fingerprint density at radius 3 is 2.27 bits per heavy atom. The maximum atomic E-state index is 12.2. The molecule has 2 atom stereocenters. The summed E-state index contributed by atoms with van der Waals surface area (Å²) in [5.41, 5.74) is 5.85. The molecule has 4 nitrogen and oxygen atoms in total. The molecule has 168 valence electrons. The summed E-state index contributed by atoms with van der Waals surface area (Å²) >= 11 is 0. The molecular formula is C26H41NO3. The monoisotopic (exact) mass is 415 g/mol. The zero-order chi connectivity index (χ0) is 22.3. The lowest BCUT2D eigenvalue weighted by molar-refractivity contribution is -0.149. The average Bonchev–Trinajstić information content (AvgIpc) is 2.74. The fourth-order valence-electron chi connectivity index (χ4n) is 2.87. The van der Waals surface area contributed by atoms with Crippen molar-refractivity contribution in [3.63, 3.8) is 0 Å². The zero-order valence-corrected chi connectivity index (χ0v) is 19.1. The summed E-state index contributed by atoms with van der Waals surface area (Å²) in [4.78, 5) is 12.2. The Hall–Kier alpha value is -1.93. The molecule has 0 unspecified atom stereocenters. The highest BCUT2D eigenvalue weighted by Gasteiger charge is 2.14. The minimum Gasteiger partial charge on any atom is -0.461 e. The van der Waals surface area contributed by atoms with E-state index in [9.17, 15) is 4.79 Å². The highest BCUT2D eigenvalue weighted by Crippen LogP contribution is 2.12. The number of unbranched alkanes of at least 4 members (excludes halogenated alkanes) is 8. The number of carbonyl (C=O) groups excluding carboxylic acids is 1. The molecule has 0 aromatic heterocycles. The van der Waals surface area contributed by atoms with Crippen LogP contribution < -0.4 is 5.73 Å². The van der Waals surface area contributed by atoms with Crippen molar-refractivity contribution in [2.75, 3.05) is 13.2 Å². The summed E-state index contributed by atoms with van der Waals surface area (Å²) in [7, 11) is 0. The van der Waals surface area contributed by atoms with Gasteiger partial charge in [-0.25, -0.2) is 0 Å². The molecule has 0 saturated carbocycles. The van der Waals surface area contributed by atoms with Crippen molar-refractivity contribution < 1.29 is 14.3 Å². The first kappa shape index (κ1) is 28.1. The van der Waals surface area contributed by atoms with Gasteiger partial charge in [-0.2, -0.15) is 0 Å². The van der Waals surface area contributed by atoms with Crippen LogP contribution in [0.15, 0.2) is 0 Å². The normalized spacial score (nSPS) is 11.9. The standard InChI is InChI=1S/C26H41NO3/c1-4-7-9-11-12-13-14-16-18-20-26(28)30-25(19-17-15-10-8-5-2)21-22-29-23-24(27)6-3/h2,24-25H,4,6-7,9,11-14,16,18-23,27H2,1,3H3/t24-,25+/m0/s1. The van der Waals surface area contributed by atoms with Crippen molar-refractivity contribution >= 4 is 5.97 Å². The fourth-order valence-corrected chi connectivity index (χ4v) is 2.87. The Kier molecular flexibility index (Phi) is 20.4. The third kappa shape index (κ3) is 19.4. The molecule has 0 radical (unpaired) electrons. The Morgan fingerprint density at radius 2 is 1.63 bits per heavy atom. The van der Waals surface area contributed by atoms with E-state index in [1.54, 1.807) is 0 Å². The van der Waals surface area contributed by atoms with Gasteiger partial charge in [0.1, 0.15) is 6.10 Å². The number of hydrogen-bond donors (Lipinski definition) is 1. The van der Waals surface area contributed by atoms with Gasteiger partial charge in [0.2, 0.25) is 0 Å². The van der Waals surface area contributed by atoms with Crippen LogP contribution in [0, 0.1) is 36.0 Å². The lowest BCUT2D eigenvalue weighted by atomic mass is 10.1. The number of hydrogen-bond acceptors (Lipinski definition) is 4. The van der Waals surface area contributed by atoms with E-state index in [1.165, 1.54) is 44.9 Å². The van der Waals surface area contributed by atoms with E-state index in [-0.39, 0.29) is 18.1 Å². The van der Waals surface area contributed by atoms with E-state index in [0.717, 1.165) is 19.3 Å². The number of ether oxygens (including phenoxy) is 2.